The summed E-state index contributed by atoms with van der Waals surface area (Å²) in [5.41, 5.74) is 4.51. The molecule has 0 unspecified atom stereocenters. The summed E-state index contributed by atoms with van der Waals surface area (Å²) in [6, 6.07) is 18.2. The Labute approximate surface area is 192 Å². The molecule has 162 valence electrons. The fourth-order valence-corrected chi connectivity index (χ4v) is 3.76. The minimum absolute atomic E-state index is 0.00258. The Bertz CT molecular complexity index is 1200. The minimum Gasteiger partial charge on any atom is -0.493 e. The number of rotatable bonds is 6. The molecule has 0 saturated carbocycles. The van der Waals surface area contributed by atoms with Crippen LogP contribution in [0.4, 0.5) is 10.1 Å². The van der Waals surface area contributed by atoms with Gasteiger partial charge < -0.3 is 9.47 Å². The molecule has 1 heterocycles. The third-order valence-corrected chi connectivity index (χ3v) is 5.35. The quantitative estimate of drug-likeness (QED) is 0.398. The zero-order chi connectivity index (χ0) is 22.7. The van der Waals surface area contributed by atoms with E-state index in [0.717, 1.165) is 5.56 Å². The summed E-state index contributed by atoms with van der Waals surface area (Å²) in [7, 11) is 1.49. The molecule has 0 spiro atoms. The molecule has 0 aliphatic carbocycles. The van der Waals surface area contributed by atoms with E-state index in [1.807, 2.05) is 6.07 Å². The van der Waals surface area contributed by atoms with E-state index in [-0.39, 0.29) is 18.0 Å². The van der Waals surface area contributed by atoms with Crippen LogP contribution in [0.3, 0.4) is 0 Å². The number of methoxy groups -OCH3 is 1. The molecule has 1 aliphatic rings. The number of ether oxygens (including phenoxy) is 2. The third kappa shape index (κ3) is 4.50. The second-order valence-electron chi connectivity index (χ2n) is 6.92. The van der Waals surface area contributed by atoms with Gasteiger partial charge in [-0.3, -0.25) is 15.0 Å². The van der Waals surface area contributed by atoms with Crippen molar-refractivity contribution in [3.8, 4) is 11.5 Å². The third-order valence-electron chi connectivity index (χ3n) is 4.77. The summed E-state index contributed by atoms with van der Waals surface area (Å²) in [5.74, 6) is -0.397. The SMILES string of the molecule is COc1cc(/C=C2\C(=O)NN(c3ccccc3)C2=O)cc(Br)c1OCc1ccc(F)cc1. The molecule has 1 saturated heterocycles. The van der Waals surface area contributed by atoms with Gasteiger partial charge in [-0.15, -0.1) is 0 Å². The predicted molar refractivity (Wildman–Crippen MR) is 121 cm³/mol. The van der Waals surface area contributed by atoms with Crippen LogP contribution >= 0.6 is 15.9 Å². The van der Waals surface area contributed by atoms with E-state index in [9.17, 15) is 14.0 Å². The van der Waals surface area contributed by atoms with Gasteiger partial charge in [0.15, 0.2) is 11.5 Å². The Hall–Kier alpha value is -3.65. The van der Waals surface area contributed by atoms with E-state index >= 15 is 0 Å². The zero-order valence-corrected chi connectivity index (χ0v) is 18.6. The zero-order valence-electron chi connectivity index (χ0n) is 17.0. The molecule has 2 amide bonds. The number of hydrogen-bond acceptors (Lipinski definition) is 4. The average molecular weight is 497 g/mol. The van der Waals surface area contributed by atoms with Gasteiger partial charge >= 0.3 is 0 Å². The lowest BCUT2D eigenvalue weighted by Crippen LogP contribution is -2.35. The summed E-state index contributed by atoms with van der Waals surface area (Å²) >= 11 is 3.46. The van der Waals surface area contributed by atoms with Crippen LogP contribution in [-0.2, 0) is 16.2 Å². The Balaban J connectivity index is 1.58. The van der Waals surface area contributed by atoms with E-state index in [1.54, 1.807) is 48.5 Å². The molecule has 1 fully saturated rings. The van der Waals surface area contributed by atoms with Crippen molar-refractivity contribution in [3.63, 3.8) is 0 Å². The number of anilines is 1. The van der Waals surface area contributed by atoms with Gasteiger partial charge in [0, 0.05) is 0 Å². The summed E-state index contributed by atoms with van der Waals surface area (Å²) in [5, 5.41) is 1.21. The lowest BCUT2D eigenvalue weighted by Gasteiger charge is -2.14. The van der Waals surface area contributed by atoms with Gasteiger partial charge in [0.05, 0.1) is 17.3 Å². The van der Waals surface area contributed by atoms with Crippen LogP contribution in [0.5, 0.6) is 11.5 Å². The van der Waals surface area contributed by atoms with Crippen molar-refractivity contribution >= 4 is 39.5 Å². The van der Waals surface area contributed by atoms with E-state index in [2.05, 4.69) is 21.4 Å². The van der Waals surface area contributed by atoms with Gasteiger partial charge in [-0.05, 0) is 69.5 Å². The summed E-state index contributed by atoms with van der Waals surface area (Å²) < 4.78 is 25.0. The number of nitrogens with one attached hydrogen (secondary N) is 1. The lowest BCUT2D eigenvalue weighted by atomic mass is 10.1. The van der Waals surface area contributed by atoms with Gasteiger partial charge in [-0.2, -0.15) is 0 Å². The second-order valence-corrected chi connectivity index (χ2v) is 7.78. The van der Waals surface area contributed by atoms with Crippen LogP contribution in [0.25, 0.3) is 6.08 Å². The first kappa shape index (κ1) is 21.6. The fourth-order valence-electron chi connectivity index (χ4n) is 3.18. The van der Waals surface area contributed by atoms with E-state index in [1.165, 1.54) is 30.3 Å². The summed E-state index contributed by atoms with van der Waals surface area (Å²) in [6.45, 7) is 0.211. The first-order chi connectivity index (χ1) is 15.5. The summed E-state index contributed by atoms with van der Waals surface area (Å²) in [4.78, 5) is 25.2. The first-order valence-corrected chi connectivity index (χ1v) is 10.4. The molecular weight excluding hydrogens is 479 g/mol. The van der Waals surface area contributed by atoms with E-state index in [0.29, 0.717) is 27.2 Å². The molecule has 1 aliphatic heterocycles. The standard InChI is InChI=1S/C24H18BrFN2O4/c1-31-21-13-16(12-20(25)22(21)32-14-15-7-9-17(26)10-8-15)11-19-23(29)27-28(24(19)30)18-5-3-2-4-6-18/h2-13H,14H2,1H3,(H,27,29)/b19-11+. The van der Waals surface area contributed by atoms with Crippen molar-refractivity contribution in [2.45, 2.75) is 6.61 Å². The molecule has 0 aromatic heterocycles. The van der Waals surface area contributed by atoms with E-state index < -0.39 is 11.8 Å². The number of para-hydroxylation sites is 1. The number of carbonyl (C=O) groups is 2. The Morgan fingerprint density at radius 1 is 1.06 bits per heavy atom. The highest BCUT2D eigenvalue weighted by Crippen LogP contribution is 2.38. The molecule has 0 atom stereocenters. The molecule has 3 aromatic rings. The van der Waals surface area contributed by atoms with Gasteiger partial charge in [0.2, 0.25) is 0 Å². The highest BCUT2D eigenvalue weighted by atomic mass is 79.9. The van der Waals surface area contributed by atoms with Crippen LogP contribution in [0.1, 0.15) is 11.1 Å². The maximum atomic E-state index is 13.1. The van der Waals surface area contributed by atoms with Crippen molar-refractivity contribution < 1.29 is 23.5 Å². The van der Waals surface area contributed by atoms with Gasteiger partial charge in [0.1, 0.15) is 18.0 Å². The normalized spacial score (nSPS) is 14.6. The van der Waals surface area contributed by atoms with Crippen LogP contribution in [0.2, 0.25) is 0 Å². The number of carbonyl (C=O) groups excluding carboxylic acids is 2. The average Bonchev–Trinajstić information content (AvgIpc) is 3.08. The second kappa shape index (κ2) is 9.23. The van der Waals surface area contributed by atoms with Gasteiger partial charge in [0.25, 0.3) is 11.8 Å². The van der Waals surface area contributed by atoms with Crippen molar-refractivity contribution in [3.05, 3.63) is 93.7 Å². The summed E-state index contributed by atoms with van der Waals surface area (Å²) in [6.07, 6.45) is 1.50. The van der Waals surface area contributed by atoms with Crippen molar-refractivity contribution in [1.29, 1.82) is 0 Å². The number of benzene rings is 3. The predicted octanol–water partition coefficient (Wildman–Crippen LogP) is 4.64. The smallest absolute Gasteiger partial charge is 0.282 e. The fraction of sp³-hybridized carbons (Fsp3) is 0.0833. The van der Waals surface area contributed by atoms with Gasteiger partial charge in [-0.25, -0.2) is 9.40 Å². The van der Waals surface area contributed by atoms with Crippen molar-refractivity contribution in [1.82, 2.24) is 5.43 Å². The van der Waals surface area contributed by atoms with Crippen LogP contribution in [0, 0.1) is 5.82 Å². The van der Waals surface area contributed by atoms with E-state index in [4.69, 9.17) is 9.47 Å². The monoisotopic (exact) mass is 496 g/mol. The lowest BCUT2D eigenvalue weighted by molar-refractivity contribution is -0.117. The molecule has 8 heteroatoms. The molecule has 6 nitrogen and oxygen atoms in total. The minimum atomic E-state index is -0.495. The molecule has 0 bridgehead atoms. The Kier molecular flexibility index (Phi) is 6.23. The van der Waals surface area contributed by atoms with Crippen LogP contribution in [-0.4, -0.2) is 18.9 Å². The van der Waals surface area contributed by atoms with Crippen LogP contribution in [0.15, 0.2) is 76.8 Å². The topological polar surface area (TPSA) is 67.9 Å². The molecular formula is C24H18BrFN2O4. The number of hydrogen-bond donors (Lipinski definition) is 1. The molecule has 4 rings (SSSR count). The Morgan fingerprint density at radius 2 is 1.78 bits per heavy atom. The number of halogens is 2. The number of hydrazine groups is 1. The largest absolute Gasteiger partial charge is 0.493 e. The van der Waals surface area contributed by atoms with Gasteiger partial charge in [-0.1, -0.05) is 30.3 Å². The van der Waals surface area contributed by atoms with Crippen molar-refractivity contribution in [2.75, 3.05) is 12.1 Å². The highest BCUT2D eigenvalue weighted by molar-refractivity contribution is 9.10. The first-order valence-electron chi connectivity index (χ1n) is 9.63. The van der Waals surface area contributed by atoms with Crippen molar-refractivity contribution in [2.24, 2.45) is 0 Å². The molecule has 1 N–H and O–H groups in total. The highest BCUT2D eigenvalue weighted by Gasteiger charge is 2.34. The number of amides is 2. The molecule has 0 radical (unpaired) electrons. The molecule has 3 aromatic carbocycles. The van der Waals surface area contributed by atoms with Crippen LogP contribution < -0.4 is 19.9 Å². The number of nitrogens with zero attached hydrogens (tertiary/aromatic N) is 1. The maximum Gasteiger partial charge on any atom is 0.282 e. The Morgan fingerprint density at radius 3 is 2.47 bits per heavy atom. The molecule has 32 heavy (non-hydrogen) atoms. The maximum absolute atomic E-state index is 13.1.